The van der Waals surface area contributed by atoms with Crippen LogP contribution in [-0.2, 0) is 13.0 Å². The van der Waals surface area contributed by atoms with Gasteiger partial charge in [0.05, 0.1) is 6.54 Å². The molecular weight excluding hydrogens is 328 g/mol. The zero-order chi connectivity index (χ0) is 19.6. The van der Waals surface area contributed by atoms with Gasteiger partial charge in [-0.15, -0.1) is 0 Å². The summed E-state index contributed by atoms with van der Waals surface area (Å²) in [7, 11) is 0. The summed E-state index contributed by atoms with van der Waals surface area (Å²) in [5.41, 5.74) is 0. The molecule has 0 unspecified atom stereocenters. The fraction of sp³-hybridized carbons (Fsp3) is 0.880. The third-order valence-electron chi connectivity index (χ3n) is 5.80. The molecule has 0 amide bonds. The Morgan fingerprint density at radius 2 is 1.30 bits per heavy atom. The number of hydrogen-bond donors (Lipinski definition) is 1. The molecule has 1 aromatic heterocycles. The summed E-state index contributed by atoms with van der Waals surface area (Å²) in [6.45, 7) is 8.16. The lowest BCUT2D eigenvalue weighted by molar-refractivity contribution is -0.703. The number of imidazole rings is 1. The van der Waals surface area contributed by atoms with Gasteiger partial charge in [0, 0.05) is 6.42 Å². The SMILES string of the molecule is CCCCCCCCCCC[n+]1cc[nH]c1CCCCCCCCC(C)C. The Bertz CT molecular complexity index is 422. The zero-order valence-corrected chi connectivity index (χ0v) is 18.9. The number of H-pyrrole nitrogens is 1. The minimum absolute atomic E-state index is 0.874. The van der Waals surface area contributed by atoms with Gasteiger partial charge < -0.3 is 0 Å². The van der Waals surface area contributed by atoms with Crippen molar-refractivity contribution in [3.63, 3.8) is 0 Å². The molecule has 1 rings (SSSR count). The third kappa shape index (κ3) is 13.9. The van der Waals surface area contributed by atoms with Crippen molar-refractivity contribution < 1.29 is 4.57 Å². The van der Waals surface area contributed by atoms with Crippen molar-refractivity contribution in [3.05, 3.63) is 18.2 Å². The third-order valence-corrected chi connectivity index (χ3v) is 5.80. The van der Waals surface area contributed by atoms with Gasteiger partial charge in [0.1, 0.15) is 12.4 Å². The number of aryl methyl sites for hydroxylation is 2. The van der Waals surface area contributed by atoms with Gasteiger partial charge >= 0.3 is 0 Å². The summed E-state index contributed by atoms with van der Waals surface area (Å²) in [5, 5.41) is 0. The molecule has 2 heteroatoms. The Morgan fingerprint density at radius 3 is 1.93 bits per heavy atom. The van der Waals surface area contributed by atoms with Crippen molar-refractivity contribution in [1.29, 1.82) is 0 Å². The first-order chi connectivity index (χ1) is 13.2. The highest BCUT2D eigenvalue weighted by molar-refractivity contribution is 4.77. The lowest BCUT2D eigenvalue weighted by Gasteiger charge is -2.04. The summed E-state index contributed by atoms with van der Waals surface area (Å²) in [5.74, 6) is 2.31. The monoisotopic (exact) mass is 377 g/mol. The predicted molar refractivity (Wildman–Crippen MR) is 119 cm³/mol. The minimum atomic E-state index is 0.874. The largest absolute Gasteiger partial charge is 0.254 e. The summed E-state index contributed by atoms with van der Waals surface area (Å²) in [6.07, 6.45) is 28.1. The van der Waals surface area contributed by atoms with Crippen molar-refractivity contribution in [2.45, 2.75) is 136 Å². The quantitative estimate of drug-likeness (QED) is 0.188. The van der Waals surface area contributed by atoms with Crippen LogP contribution in [0.25, 0.3) is 0 Å². The van der Waals surface area contributed by atoms with Crippen LogP contribution in [0.5, 0.6) is 0 Å². The van der Waals surface area contributed by atoms with Crippen molar-refractivity contribution >= 4 is 0 Å². The molecule has 0 saturated heterocycles. The summed E-state index contributed by atoms with van der Waals surface area (Å²) in [6, 6.07) is 0. The maximum Gasteiger partial charge on any atom is 0.254 e. The summed E-state index contributed by atoms with van der Waals surface area (Å²) >= 11 is 0. The van der Waals surface area contributed by atoms with E-state index in [1.807, 2.05) is 0 Å². The highest BCUT2D eigenvalue weighted by atomic mass is 15.1. The van der Waals surface area contributed by atoms with E-state index in [1.165, 1.54) is 122 Å². The van der Waals surface area contributed by atoms with Gasteiger partial charge in [-0.05, 0) is 25.2 Å². The molecule has 158 valence electrons. The van der Waals surface area contributed by atoms with Crippen LogP contribution in [0.15, 0.2) is 12.4 Å². The summed E-state index contributed by atoms with van der Waals surface area (Å²) < 4.78 is 2.46. The molecule has 0 aliphatic carbocycles. The Balaban J connectivity index is 1.98. The van der Waals surface area contributed by atoms with E-state index in [4.69, 9.17) is 0 Å². The molecule has 0 aliphatic rings. The second-order valence-corrected chi connectivity index (χ2v) is 8.98. The average molecular weight is 378 g/mol. The number of rotatable bonds is 19. The molecule has 0 fully saturated rings. The van der Waals surface area contributed by atoms with Crippen LogP contribution in [0.3, 0.4) is 0 Å². The van der Waals surface area contributed by atoms with Crippen molar-refractivity contribution in [2.24, 2.45) is 5.92 Å². The van der Waals surface area contributed by atoms with Crippen LogP contribution in [0.2, 0.25) is 0 Å². The van der Waals surface area contributed by atoms with Gasteiger partial charge in [0.25, 0.3) is 5.82 Å². The van der Waals surface area contributed by atoms with Crippen LogP contribution in [-0.4, -0.2) is 4.98 Å². The van der Waals surface area contributed by atoms with E-state index >= 15 is 0 Å². The van der Waals surface area contributed by atoms with Crippen molar-refractivity contribution in [1.82, 2.24) is 4.98 Å². The Hall–Kier alpha value is -0.790. The topological polar surface area (TPSA) is 19.7 Å². The standard InChI is InChI=1S/C25H48N2/c1-4-5-6-7-8-9-12-15-18-22-27-23-21-26-25(27)20-17-14-11-10-13-16-19-24(2)3/h21,23-24H,4-20,22H2,1-3H3/p+1. The fourth-order valence-corrected chi connectivity index (χ4v) is 3.97. The highest BCUT2D eigenvalue weighted by Crippen LogP contribution is 2.12. The molecule has 0 aromatic carbocycles. The second kappa shape index (κ2) is 17.3. The smallest absolute Gasteiger partial charge is 0.248 e. The molecule has 0 radical (unpaired) electrons. The van der Waals surface area contributed by atoms with E-state index in [9.17, 15) is 0 Å². The Morgan fingerprint density at radius 1 is 0.741 bits per heavy atom. The fourth-order valence-electron chi connectivity index (χ4n) is 3.97. The predicted octanol–water partition coefficient (Wildman–Crippen LogP) is 7.76. The molecule has 0 atom stereocenters. The van der Waals surface area contributed by atoms with Crippen LogP contribution in [0.4, 0.5) is 0 Å². The van der Waals surface area contributed by atoms with Gasteiger partial charge in [-0.1, -0.05) is 104 Å². The van der Waals surface area contributed by atoms with Gasteiger partial charge in [0.2, 0.25) is 0 Å². The Kier molecular flexibility index (Phi) is 15.6. The van der Waals surface area contributed by atoms with Gasteiger partial charge in [-0.3, -0.25) is 0 Å². The number of unbranched alkanes of at least 4 members (excludes halogenated alkanes) is 13. The molecule has 1 aromatic rings. The first-order valence-electron chi connectivity index (χ1n) is 12.3. The van der Waals surface area contributed by atoms with E-state index in [-0.39, 0.29) is 0 Å². The normalized spacial score (nSPS) is 11.6. The van der Waals surface area contributed by atoms with Crippen LogP contribution in [0.1, 0.15) is 129 Å². The van der Waals surface area contributed by atoms with E-state index in [0.717, 1.165) is 5.92 Å². The van der Waals surface area contributed by atoms with Crippen LogP contribution in [0, 0.1) is 5.92 Å². The van der Waals surface area contributed by atoms with E-state index in [0.29, 0.717) is 0 Å². The van der Waals surface area contributed by atoms with E-state index in [1.54, 1.807) is 0 Å². The number of aromatic nitrogens is 2. The van der Waals surface area contributed by atoms with E-state index in [2.05, 4.69) is 42.7 Å². The highest BCUT2D eigenvalue weighted by Gasteiger charge is 2.09. The van der Waals surface area contributed by atoms with Crippen molar-refractivity contribution in [2.75, 3.05) is 0 Å². The molecule has 27 heavy (non-hydrogen) atoms. The minimum Gasteiger partial charge on any atom is -0.248 e. The average Bonchev–Trinajstić information content (AvgIpc) is 3.09. The Labute approximate surface area is 170 Å². The molecule has 0 aliphatic heterocycles. The number of nitrogens with one attached hydrogen (secondary N) is 1. The molecule has 1 N–H and O–H groups in total. The van der Waals surface area contributed by atoms with Gasteiger partial charge in [0.15, 0.2) is 0 Å². The second-order valence-electron chi connectivity index (χ2n) is 8.98. The maximum atomic E-state index is 3.47. The van der Waals surface area contributed by atoms with Crippen molar-refractivity contribution in [3.8, 4) is 0 Å². The van der Waals surface area contributed by atoms with Gasteiger partial charge in [-0.25, -0.2) is 9.55 Å². The molecule has 0 saturated carbocycles. The van der Waals surface area contributed by atoms with Crippen LogP contribution < -0.4 is 4.57 Å². The first-order valence-corrected chi connectivity index (χ1v) is 12.3. The number of nitrogens with zero attached hydrogens (tertiary/aromatic N) is 1. The van der Waals surface area contributed by atoms with Gasteiger partial charge in [-0.2, -0.15) is 0 Å². The lowest BCUT2D eigenvalue weighted by Crippen LogP contribution is -2.36. The number of hydrogen-bond acceptors (Lipinski definition) is 0. The first kappa shape index (κ1) is 24.2. The number of aromatic amines is 1. The molecule has 0 spiro atoms. The molecule has 0 bridgehead atoms. The molecular formula is C25H49N2+. The lowest BCUT2D eigenvalue weighted by atomic mass is 10.0. The summed E-state index contributed by atoms with van der Waals surface area (Å²) in [4.78, 5) is 3.47. The zero-order valence-electron chi connectivity index (χ0n) is 18.9. The van der Waals surface area contributed by atoms with E-state index < -0.39 is 0 Å². The molecule has 1 heterocycles. The maximum absolute atomic E-state index is 3.47. The molecule has 2 nitrogen and oxygen atoms in total. The van der Waals surface area contributed by atoms with Crippen LogP contribution >= 0.6 is 0 Å².